The Labute approximate surface area is 135 Å². The Kier molecular flexibility index (Phi) is 4.71. The molecule has 1 fully saturated rings. The minimum absolute atomic E-state index is 0.0329. The van der Waals surface area contributed by atoms with Crippen molar-refractivity contribution in [3.8, 4) is 5.88 Å². The van der Waals surface area contributed by atoms with E-state index < -0.39 is 0 Å². The summed E-state index contributed by atoms with van der Waals surface area (Å²) < 4.78 is 5.78. The second-order valence-corrected chi connectivity index (χ2v) is 5.63. The number of aryl methyl sites for hydroxylation is 1. The molecule has 1 aliphatic rings. The molecule has 6 nitrogen and oxygen atoms in total. The van der Waals surface area contributed by atoms with Gasteiger partial charge in [-0.1, -0.05) is 30.3 Å². The Morgan fingerprint density at radius 2 is 2.09 bits per heavy atom. The number of urea groups is 1. The largest absolute Gasteiger partial charge is 0.471 e. The molecule has 1 atom stereocenters. The molecule has 0 aliphatic carbocycles. The number of nitrogens with zero attached hydrogens (tertiary/aromatic N) is 3. The maximum absolute atomic E-state index is 12.2. The predicted molar refractivity (Wildman–Crippen MR) is 86.1 cm³/mol. The fourth-order valence-corrected chi connectivity index (χ4v) is 2.51. The first kappa shape index (κ1) is 15.3. The van der Waals surface area contributed by atoms with Gasteiger partial charge in [-0.3, -0.25) is 0 Å². The monoisotopic (exact) mass is 312 g/mol. The van der Waals surface area contributed by atoms with Gasteiger partial charge in [0.2, 0.25) is 5.88 Å². The van der Waals surface area contributed by atoms with Crippen molar-refractivity contribution in [2.24, 2.45) is 0 Å². The molecule has 1 unspecified atom stereocenters. The number of ether oxygens (including phenoxy) is 1. The molecule has 2 amide bonds. The SMILES string of the molecule is Cc1ccc(OC2CCN(C(=O)NCc3ccccc3)C2)nn1. The van der Waals surface area contributed by atoms with E-state index in [1.54, 1.807) is 11.0 Å². The molecular formula is C17H20N4O2. The Morgan fingerprint density at radius 1 is 1.26 bits per heavy atom. The molecule has 0 saturated carbocycles. The molecule has 3 rings (SSSR count). The van der Waals surface area contributed by atoms with Gasteiger partial charge in [0.05, 0.1) is 12.2 Å². The maximum Gasteiger partial charge on any atom is 0.317 e. The molecule has 0 spiro atoms. The lowest BCUT2D eigenvalue weighted by Gasteiger charge is -2.17. The van der Waals surface area contributed by atoms with Crippen molar-refractivity contribution in [1.29, 1.82) is 0 Å². The summed E-state index contributed by atoms with van der Waals surface area (Å²) in [7, 11) is 0. The third-order valence-electron chi connectivity index (χ3n) is 3.78. The Bertz CT molecular complexity index is 645. The predicted octanol–water partition coefficient (Wildman–Crippen LogP) is 2.15. The highest BCUT2D eigenvalue weighted by molar-refractivity contribution is 5.74. The summed E-state index contributed by atoms with van der Waals surface area (Å²) in [6.45, 7) is 3.66. The molecule has 1 saturated heterocycles. The number of carbonyl (C=O) groups excluding carboxylic acids is 1. The van der Waals surface area contributed by atoms with Gasteiger partial charge in [-0.05, 0) is 18.6 Å². The van der Waals surface area contributed by atoms with Gasteiger partial charge in [0, 0.05) is 25.6 Å². The maximum atomic E-state index is 12.2. The first-order chi connectivity index (χ1) is 11.2. The van der Waals surface area contributed by atoms with Crippen LogP contribution in [0.2, 0.25) is 0 Å². The molecule has 6 heteroatoms. The van der Waals surface area contributed by atoms with E-state index in [0.717, 1.165) is 17.7 Å². The highest BCUT2D eigenvalue weighted by Crippen LogP contribution is 2.16. The van der Waals surface area contributed by atoms with Gasteiger partial charge < -0.3 is 15.0 Å². The van der Waals surface area contributed by atoms with Crippen LogP contribution in [-0.4, -0.2) is 40.3 Å². The number of hydrogen-bond acceptors (Lipinski definition) is 4. The van der Waals surface area contributed by atoms with Gasteiger partial charge in [0.15, 0.2) is 0 Å². The van der Waals surface area contributed by atoms with E-state index in [9.17, 15) is 4.79 Å². The zero-order valence-electron chi connectivity index (χ0n) is 13.1. The van der Waals surface area contributed by atoms with Crippen LogP contribution in [0.1, 0.15) is 17.7 Å². The zero-order valence-corrected chi connectivity index (χ0v) is 13.1. The van der Waals surface area contributed by atoms with Gasteiger partial charge in [-0.2, -0.15) is 5.10 Å². The van der Waals surface area contributed by atoms with E-state index in [-0.39, 0.29) is 12.1 Å². The second kappa shape index (κ2) is 7.09. The van der Waals surface area contributed by atoms with Crippen molar-refractivity contribution in [2.45, 2.75) is 26.0 Å². The first-order valence-electron chi connectivity index (χ1n) is 7.74. The van der Waals surface area contributed by atoms with Gasteiger partial charge in [0.1, 0.15) is 6.10 Å². The highest BCUT2D eigenvalue weighted by atomic mass is 16.5. The number of benzene rings is 1. The molecule has 2 aromatic rings. The summed E-state index contributed by atoms with van der Waals surface area (Å²) in [6, 6.07) is 13.5. The van der Waals surface area contributed by atoms with E-state index in [4.69, 9.17) is 4.74 Å². The fraction of sp³-hybridized carbons (Fsp3) is 0.353. The van der Waals surface area contributed by atoms with Crippen molar-refractivity contribution >= 4 is 6.03 Å². The van der Waals surface area contributed by atoms with Crippen LogP contribution in [0, 0.1) is 6.92 Å². The minimum atomic E-state index is -0.0602. The van der Waals surface area contributed by atoms with E-state index in [1.807, 2.05) is 43.3 Å². The van der Waals surface area contributed by atoms with Crippen LogP contribution in [0.4, 0.5) is 4.79 Å². The van der Waals surface area contributed by atoms with Crippen molar-refractivity contribution in [1.82, 2.24) is 20.4 Å². The second-order valence-electron chi connectivity index (χ2n) is 5.63. The Morgan fingerprint density at radius 3 is 2.83 bits per heavy atom. The summed E-state index contributed by atoms with van der Waals surface area (Å²) in [5.41, 5.74) is 1.94. The van der Waals surface area contributed by atoms with Crippen LogP contribution < -0.4 is 10.1 Å². The third-order valence-corrected chi connectivity index (χ3v) is 3.78. The number of likely N-dealkylation sites (tertiary alicyclic amines) is 1. The van der Waals surface area contributed by atoms with Gasteiger partial charge >= 0.3 is 6.03 Å². The molecule has 23 heavy (non-hydrogen) atoms. The van der Waals surface area contributed by atoms with E-state index in [2.05, 4.69) is 15.5 Å². The summed E-state index contributed by atoms with van der Waals surface area (Å²) in [5, 5.41) is 10.9. The zero-order chi connectivity index (χ0) is 16.1. The lowest BCUT2D eigenvalue weighted by molar-refractivity contribution is 0.182. The molecule has 2 heterocycles. The van der Waals surface area contributed by atoms with Crippen molar-refractivity contribution < 1.29 is 9.53 Å². The molecule has 1 aromatic heterocycles. The topological polar surface area (TPSA) is 67.3 Å². The average molecular weight is 312 g/mol. The van der Waals surface area contributed by atoms with Crippen molar-refractivity contribution in [2.75, 3.05) is 13.1 Å². The van der Waals surface area contributed by atoms with Crippen LogP contribution in [0.5, 0.6) is 5.88 Å². The van der Waals surface area contributed by atoms with Crippen molar-refractivity contribution in [3.63, 3.8) is 0 Å². The number of hydrogen-bond donors (Lipinski definition) is 1. The summed E-state index contributed by atoms with van der Waals surface area (Å²) in [4.78, 5) is 14.0. The van der Waals surface area contributed by atoms with E-state index in [0.29, 0.717) is 25.5 Å². The quantitative estimate of drug-likeness (QED) is 0.939. The highest BCUT2D eigenvalue weighted by Gasteiger charge is 2.27. The van der Waals surface area contributed by atoms with Crippen LogP contribution in [0.3, 0.4) is 0 Å². The van der Waals surface area contributed by atoms with Gasteiger partial charge in [-0.25, -0.2) is 4.79 Å². The summed E-state index contributed by atoms with van der Waals surface area (Å²) >= 11 is 0. The Balaban J connectivity index is 1.47. The van der Waals surface area contributed by atoms with Crippen molar-refractivity contribution in [3.05, 3.63) is 53.7 Å². The number of carbonyl (C=O) groups is 1. The molecule has 1 aromatic carbocycles. The molecular weight excluding hydrogens is 292 g/mol. The summed E-state index contributed by atoms with van der Waals surface area (Å²) in [6.07, 6.45) is 0.767. The normalized spacial score (nSPS) is 17.1. The number of nitrogens with one attached hydrogen (secondary N) is 1. The molecule has 120 valence electrons. The standard InChI is InChI=1S/C17H20N4O2/c1-13-7-8-16(20-19-13)23-15-9-10-21(12-15)17(22)18-11-14-5-3-2-4-6-14/h2-8,15H,9-12H2,1H3,(H,18,22). The number of amides is 2. The van der Waals surface area contributed by atoms with Crippen LogP contribution in [0.15, 0.2) is 42.5 Å². The number of rotatable bonds is 4. The lowest BCUT2D eigenvalue weighted by atomic mass is 10.2. The molecule has 0 radical (unpaired) electrons. The fourth-order valence-electron chi connectivity index (χ4n) is 2.51. The van der Waals surface area contributed by atoms with E-state index >= 15 is 0 Å². The van der Waals surface area contributed by atoms with Gasteiger partial charge in [-0.15, -0.1) is 5.10 Å². The smallest absolute Gasteiger partial charge is 0.317 e. The lowest BCUT2D eigenvalue weighted by Crippen LogP contribution is -2.39. The first-order valence-corrected chi connectivity index (χ1v) is 7.74. The Hall–Kier alpha value is -2.63. The molecule has 0 bridgehead atoms. The van der Waals surface area contributed by atoms with Crippen LogP contribution >= 0.6 is 0 Å². The number of aromatic nitrogens is 2. The average Bonchev–Trinajstić information content (AvgIpc) is 3.04. The molecule has 1 aliphatic heterocycles. The van der Waals surface area contributed by atoms with E-state index in [1.165, 1.54) is 0 Å². The van der Waals surface area contributed by atoms with Crippen LogP contribution in [-0.2, 0) is 6.54 Å². The van der Waals surface area contributed by atoms with Crippen LogP contribution in [0.25, 0.3) is 0 Å². The minimum Gasteiger partial charge on any atom is -0.471 e. The third kappa shape index (κ3) is 4.18. The molecule has 1 N–H and O–H groups in total. The van der Waals surface area contributed by atoms with Gasteiger partial charge in [0.25, 0.3) is 0 Å². The summed E-state index contributed by atoms with van der Waals surface area (Å²) in [5.74, 6) is 0.507.